The third kappa shape index (κ3) is 11.0. The maximum Gasteiger partial charge on any atom is 0.375 e. The summed E-state index contributed by atoms with van der Waals surface area (Å²) in [7, 11) is -0.155. The van der Waals surface area contributed by atoms with Gasteiger partial charge in [0.2, 0.25) is 5.76 Å². The molecule has 2 rings (SSSR count). The maximum absolute atomic E-state index is 13.5. The second kappa shape index (κ2) is 20.2. The molecule has 0 aliphatic carbocycles. The summed E-state index contributed by atoms with van der Waals surface area (Å²) in [6.07, 6.45) is 1.93. The van der Waals surface area contributed by atoms with E-state index in [9.17, 15) is 19.2 Å². The van der Waals surface area contributed by atoms with Crippen molar-refractivity contribution in [2.45, 2.75) is 89.5 Å². The van der Waals surface area contributed by atoms with E-state index >= 15 is 0 Å². The first kappa shape index (κ1) is 41.6. The summed E-state index contributed by atoms with van der Waals surface area (Å²) < 4.78 is 27.6. The Kier molecular flexibility index (Phi) is 16.8. The first-order valence-corrected chi connectivity index (χ1v) is 18.8. The lowest BCUT2D eigenvalue weighted by Crippen LogP contribution is -2.53. The van der Waals surface area contributed by atoms with Crippen LogP contribution in [0.3, 0.4) is 0 Å². The zero-order chi connectivity index (χ0) is 37.4. The van der Waals surface area contributed by atoms with Gasteiger partial charge in [-0.2, -0.15) is 0 Å². The minimum Gasteiger partial charge on any atom is -0.465 e. The predicted molar refractivity (Wildman–Crippen MR) is 191 cm³/mol. The average Bonchev–Trinajstić information content (AvgIpc) is 3.47. The van der Waals surface area contributed by atoms with Gasteiger partial charge in [-0.1, -0.05) is 89.6 Å². The highest BCUT2D eigenvalue weighted by molar-refractivity contribution is 6.77. The fraction of sp³-hybridized carbons (Fsp3) is 0.543. The molecular formula is C35H51N5O9Si. The van der Waals surface area contributed by atoms with Crippen LogP contribution >= 0.6 is 0 Å². The topological polar surface area (TPSA) is 191 Å². The van der Waals surface area contributed by atoms with E-state index in [2.05, 4.69) is 68.8 Å². The number of nitrogens with one attached hydrogen (secondary N) is 2. The highest BCUT2D eigenvalue weighted by atomic mass is 28.4. The van der Waals surface area contributed by atoms with E-state index in [1.54, 1.807) is 0 Å². The molecule has 15 heteroatoms. The second-order valence-corrected chi connectivity index (χ2v) is 18.2. The van der Waals surface area contributed by atoms with Crippen LogP contribution in [0, 0.1) is 0 Å². The zero-order valence-corrected chi connectivity index (χ0v) is 31.3. The molecule has 14 nitrogen and oxygen atoms in total. The van der Waals surface area contributed by atoms with E-state index < -0.39 is 55.7 Å². The summed E-state index contributed by atoms with van der Waals surface area (Å²) in [5.74, 6) is -3.45. The van der Waals surface area contributed by atoms with Crippen LogP contribution in [-0.2, 0) is 31.5 Å². The van der Waals surface area contributed by atoms with Gasteiger partial charge in [-0.05, 0) is 40.6 Å². The summed E-state index contributed by atoms with van der Waals surface area (Å²) in [6, 6.07) is 7.84. The molecule has 0 aliphatic heterocycles. The van der Waals surface area contributed by atoms with Crippen molar-refractivity contribution in [2.24, 2.45) is 5.11 Å². The van der Waals surface area contributed by atoms with Crippen molar-refractivity contribution >= 4 is 32.3 Å². The molecule has 2 atom stereocenters. The number of rotatable bonds is 20. The Balaban J connectivity index is 2.51. The number of methoxy groups -OCH3 is 2. The molecule has 50 heavy (non-hydrogen) atoms. The lowest BCUT2D eigenvalue weighted by atomic mass is 10.0. The highest BCUT2D eigenvalue weighted by Gasteiger charge is 2.45. The van der Waals surface area contributed by atoms with Gasteiger partial charge in [0.25, 0.3) is 0 Å². The molecule has 2 N–H and O–H groups in total. The van der Waals surface area contributed by atoms with Crippen LogP contribution in [0.25, 0.3) is 10.4 Å². The van der Waals surface area contributed by atoms with E-state index in [4.69, 9.17) is 28.6 Å². The Hall–Kier alpha value is -4.59. The fourth-order valence-corrected chi connectivity index (χ4v) is 12.0. The number of hydrogen-bond acceptors (Lipinski definition) is 10. The molecular weight excluding hydrogens is 662 g/mol. The van der Waals surface area contributed by atoms with Crippen LogP contribution in [0.2, 0.25) is 16.6 Å². The normalized spacial score (nSPS) is 12.5. The quantitative estimate of drug-likeness (QED) is 0.0279. The fourth-order valence-electron chi connectivity index (χ4n) is 6.47. The van der Waals surface area contributed by atoms with Crippen LogP contribution in [-0.4, -0.2) is 78.3 Å². The van der Waals surface area contributed by atoms with Gasteiger partial charge < -0.3 is 33.7 Å². The van der Waals surface area contributed by atoms with Crippen molar-refractivity contribution in [1.82, 2.24) is 10.6 Å². The van der Waals surface area contributed by atoms with Gasteiger partial charge in [-0.25, -0.2) is 19.2 Å². The molecule has 274 valence electrons. The molecule has 2 amide bonds. The molecule has 2 aromatic rings. The lowest BCUT2D eigenvalue weighted by molar-refractivity contribution is 0.0487. The first-order chi connectivity index (χ1) is 23.8. The molecule has 0 spiro atoms. The number of amides is 2. The minimum atomic E-state index is -2.39. The molecule has 1 heterocycles. The largest absolute Gasteiger partial charge is 0.465 e. The van der Waals surface area contributed by atoms with E-state index in [-0.39, 0.29) is 60.5 Å². The number of aryl methyl sites for hydroxylation is 1. The zero-order valence-electron chi connectivity index (χ0n) is 30.3. The number of carbonyl (C=O) groups excluding carboxylic acids is 4. The van der Waals surface area contributed by atoms with E-state index in [0.717, 1.165) is 19.8 Å². The number of benzene rings is 1. The molecule has 1 aromatic carbocycles. The minimum absolute atomic E-state index is 0.0107. The van der Waals surface area contributed by atoms with Crippen LogP contribution < -0.4 is 10.6 Å². The summed E-state index contributed by atoms with van der Waals surface area (Å²) in [5.41, 5.74) is 10.00. The molecule has 1 aromatic heterocycles. The van der Waals surface area contributed by atoms with Crippen LogP contribution in [0.15, 0.2) is 52.5 Å². The molecule has 0 radical (unpaired) electrons. The average molecular weight is 714 g/mol. The van der Waals surface area contributed by atoms with Crippen molar-refractivity contribution in [3.63, 3.8) is 0 Å². The SMILES string of the molecule is C=CCOC(=O)c1oc(CC[C@@H](CO[Si](C(C)C)(C(C)C)C(C)C)NC(=O)N[C@@H](CN=[N+]=[N-])Cc2ccccc2)c(C(=O)OC)c1C(=O)OC. The predicted octanol–water partition coefficient (Wildman–Crippen LogP) is 6.91. The van der Waals surface area contributed by atoms with Crippen molar-refractivity contribution in [1.29, 1.82) is 0 Å². The first-order valence-electron chi connectivity index (χ1n) is 16.6. The Labute approximate surface area is 295 Å². The van der Waals surface area contributed by atoms with Gasteiger partial charge in [0.05, 0.1) is 26.9 Å². The van der Waals surface area contributed by atoms with Gasteiger partial charge >= 0.3 is 23.9 Å². The number of hydrogen-bond donors (Lipinski definition) is 2. The molecule has 0 bridgehead atoms. The van der Waals surface area contributed by atoms with Gasteiger partial charge in [-0.15, -0.1) is 0 Å². The van der Waals surface area contributed by atoms with Crippen LogP contribution in [0.1, 0.15) is 90.6 Å². The third-order valence-electron chi connectivity index (χ3n) is 8.60. The maximum atomic E-state index is 13.5. The Bertz CT molecular complexity index is 1480. The van der Waals surface area contributed by atoms with Crippen LogP contribution in [0.4, 0.5) is 4.79 Å². The Morgan fingerprint density at radius 3 is 2.04 bits per heavy atom. The van der Waals surface area contributed by atoms with Gasteiger partial charge in [0.15, 0.2) is 8.32 Å². The number of urea groups is 1. The molecule has 0 saturated carbocycles. The molecule has 0 fully saturated rings. The third-order valence-corrected chi connectivity index (χ3v) is 14.7. The summed E-state index contributed by atoms with van der Waals surface area (Å²) in [4.78, 5) is 55.1. The summed E-state index contributed by atoms with van der Waals surface area (Å²) >= 11 is 0. The lowest BCUT2D eigenvalue weighted by Gasteiger charge is -2.43. The van der Waals surface area contributed by atoms with Crippen molar-refractivity contribution in [2.75, 3.05) is 34.0 Å². The molecule has 0 saturated heterocycles. The number of azide groups is 1. The summed E-state index contributed by atoms with van der Waals surface area (Å²) in [5, 5.41) is 9.60. The van der Waals surface area contributed by atoms with Crippen molar-refractivity contribution in [3.8, 4) is 0 Å². The summed E-state index contributed by atoms with van der Waals surface area (Å²) in [6.45, 7) is 16.4. The Morgan fingerprint density at radius 2 is 1.50 bits per heavy atom. The highest BCUT2D eigenvalue weighted by Crippen LogP contribution is 2.42. The monoisotopic (exact) mass is 713 g/mol. The standard InChI is InChI=1S/C35H51N5O9Si/c1-10-18-47-34(43)31-30(33(42)46-9)29(32(41)45-8)28(49-31)17-16-26(21-48-50(22(2)3,23(4)5)24(6)7)38-35(44)39-27(20-37-40-36)19-25-14-12-11-13-15-25/h10-15,22-24,26-27H,1,16-21H2,2-9H3,(H2,38,39,44)/t26-,27+/m0/s1. The Morgan fingerprint density at radius 1 is 0.920 bits per heavy atom. The van der Waals surface area contributed by atoms with Gasteiger partial charge in [0.1, 0.15) is 23.5 Å². The van der Waals surface area contributed by atoms with Crippen molar-refractivity contribution in [3.05, 3.63) is 81.6 Å². The van der Waals surface area contributed by atoms with Gasteiger partial charge in [-0.3, -0.25) is 0 Å². The van der Waals surface area contributed by atoms with Gasteiger partial charge in [0, 0.05) is 23.9 Å². The second-order valence-electron chi connectivity index (χ2n) is 12.8. The number of esters is 3. The number of furan rings is 1. The van der Waals surface area contributed by atoms with Crippen LogP contribution in [0.5, 0.6) is 0 Å². The molecule has 0 unspecified atom stereocenters. The van der Waals surface area contributed by atoms with Crippen molar-refractivity contribution < 1.29 is 42.2 Å². The number of ether oxygens (including phenoxy) is 3. The number of nitrogens with zero attached hydrogens (tertiary/aromatic N) is 3. The van der Waals surface area contributed by atoms with E-state index in [0.29, 0.717) is 6.42 Å². The van der Waals surface area contributed by atoms with E-state index in [1.807, 2.05) is 30.3 Å². The van der Waals surface area contributed by atoms with E-state index in [1.165, 1.54) is 6.08 Å². The number of carbonyl (C=O) groups is 4. The molecule has 0 aliphatic rings. The smallest absolute Gasteiger partial charge is 0.375 e.